The number of rotatable bonds is 8. The molecule has 0 saturated heterocycles. The molecule has 0 aromatic heterocycles. The fourth-order valence-corrected chi connectivity index (χ4v) is 1.19. The van der Waals surface area contributed by atoms with Gasteiger partial charge >= 0.3 is 0 Å². The van der Waals surface area contributed by atoms with Crippen LogP contribution < -0.4 is 10.6 Å². The average Bonchev–Trinajstić information content (AvgIpc) is 2.04. The van der Waals surface area contributed by atoms with E-state index in [0.29, 0.717) is 6.04 Å². The summed E-state index contributed by atoms with van der Waals surface area (Å²) >= 11 is 0. The molecule has 0 spiro atoms. The summed E-state index contributed by atoms with van der Waals surface area (Å²) in [6.07, 6.45) is 2.56. The third kappa shape index (κ3) is 9.84. The zero-order chi connectivity index (χ0) is 10.1. The maximum Gasteiger partial charge on any atom is 0.0164 e. The van der Waals surface area contributed by atoms with Crippen molar-refractivity contribution >= 4 is 0 Å². The van der Waals surface area contributed by atoms with Crippen molar-refractivity contribution in [2.75, 3.05) is 19.6 Å². The van der Waals surface area contributed by atoms with Crippen LogP contribution in [0.1, 0.15) is 40.5 Å². The lowest BCUT2D eigenvalue weighted by Gasteiger charge is -2.15. The molecule has 0 aliphatic heterocycles. The van der Waals surface area contributed by atoms with E-state index < -0.39 is 0 Å². The summed E-state index contributed by atoms with van der Waals surface area (Å²) in [5, 5.41) is 6.94. The molecule has 0 heterocycles. The standard InChI is InChI=1S/C11H26N2/c1-5-6-7-13-11(4)9-12-8-10(2)3/h10-13H,5-9H2,1-4H3. The van der Waals surface area contributed by atoms with Gasteiger partial charge in [-0.15, -0.1) is 0 Å². The van der Waals surface area contributed by atoms with Gasteiger partial charge in [-0.1, -0.05) is 27.2 Å². The van der Waals surface area contributed by atoms with E-state index in [-0.39, 0.29) is 0 Å². The zero-order valence-electron chi connectivity index (χ0n) is 9.69. The van der Waals surface area contributed by atoms with Crippen LogP contribution in [0.15, 0.2) is 0 Å². The van der Waals surface area contributed by atoms with Gasteiger partial charge in [0.25, 0.3) is 0 Å². The van der Waals surface area contributed by atoms with E-state index in [1.807, 2.05) is 0 Å². The van der Waals surface area contributed by atoms with Crippen molar-refractivity contribution < 1.29 is 0 Å². The van der Waals surface area contributed by atoms with Gasteiger partial charge in [-0.05, 0) is 32.4 Å². The van der Waals surface area contributed by atoms with Gasteiger partial charge in [-0.25, -0.2) is 0 Å². The summed E-state index contributed by atoms with van der Waals surface area (Å²) in [6, 6.07) is 0.602. The normalized spacial score (nSPS) is 13.6. The number of nitrogens with one attached hydrogen (secondary N) is 2. The zero-order valence-corrected chi connectivity index (χ0v) is 9.69. The molecule has 1 unspecified atom stereocenters. The number of hydrogen-bond acceptors (Lipinski definition) is 2. The van der Waals surface area contributed by atoms with Crippen LogP contribution in [-0.2, 0) is 0 Å². The lowest BCUT2D eigenvalue weighted by molar-refractivity contribution is 0.468. The Bertz CT molecular complexity index is 102. The molecule has 0 saturated carbocycles. The summed E-state index contributed by atoms with van der Waals surface area (Å²) < 4.78 is 0. The Morgan fingerprint density at radius 3 is 2.31 bits per heavy atom. The predicted molar refractivity (Wildman–Crippen MR) is 60.1 cm³/mol. The Labute approximate surface area is 83.5 Å². The Kier molecular flexibility index (Phi) is 8.46. The minimum Gasteiger partial charge on any atom is -0.315 e. The smallest absolute Gasteiger partial charge is 0.0164 e. The summed E-state index contributed by atoms with van der Waals surface area (Å²) in [6.45, 7) is 12.3. The lowest BCUT2D eigenvalue weighted by Crippen LogP contribution is -2.37. The molecule has 0 aromatic carbocycles. The van der Waals surface area contributed by atoms with Crippen molar-refractivity contribution in [3.8, 4) is 0 Å². The van der Waals surface area contributed by atoms with Gasteiger partial charge in [0.2, 0.25) is 0 Å². The molecule has 2 heteroatoms. The lowest BCUT2D eigenvalue weighted by atomic mass is 10.2. The second-order valence-electron chi connectivity index (χ2n) is 4.26. The molecule has 0 bridgehead atoms. The fraction of sp³-hybridized carbons (Fsp3) is 1.00. The molecule has 0 radical (unpaired) electrons. The molecule has 0 rings (SSSR count). The highest BCUT2D eigenvalue weighted by atomic mass is 15.0. The predicted octanol–water partition coefficient (Wildman–Crippen LogP) is 2.01. The van der Waals surface area contributed by atoms with Crippen LogP contribution in [0.25, 0.3) is 0 Å². The maximum absolute atomic E-state index is 3.49. The van der Waals surface area contributed by atoms with E-state index in [0.717, 1.165) is 25.6 Å². The quantitative estimate of drug-likeness (QED) is 0.567. The van der Waals surface area contributed by atoms with E-state index >= 15 is 0 Å². The highest BCUT2D eigenvalue weighted by Gasteiger charge is 1.99. The Balaban J connectivity index is 3.15. The molecule has 80 valence electrons. The van der Waals surface area contributed by atoms with Crippen LogP contribution in [0.5, 0.6) is 0 Å². The molecule has 0 aromatic rings. The summed E-state index contributed by atoms with van der Waals surface area (Å²) in [5.74, 6) is 0.753. The molecule has 13 heavy (non-hydrogen) atoms. The summed E-state index contributed by atoms with van der Waals surface area (Å²) in [4.78, 5) is 0. The van der Waals surface area contributed by atoms with Crippen molar-refractivity contribution in [3.05, 3.63) is 0 Å². The van der Waals surface area contributed by atoms with Gasteiger partial charge in [-0.2, -0.15) is 0 Å². The molecule has 1 atom stereocenters. The van der Waals surface area contributed by atoms with Crippen LogP contribution in [0, 0.1) is 5.92 Å². The van der Waals surface area contributed by atoms with Crippen LogP contribution in [0.2, 0.25) is 0 Å². The van der Waals surface area contributed by atoms with E-state index in [1.54, 1.807) is 0 Å². The van der Waals surface area contributed by atoms with E-state index in [2.05, 4.69) is 38.3 Å². The van der Waals surface area contributed by atoms with Crippen molar-refractivity contribution in [1.82, 2.24) is 10.6 Å². The Morgan fingerprint density at radius 2 is 1.77 bits per heavy atom. The monoisotopic (exact) mass is 186 g/mol. The Hall–Kier alpha value is -0.0800. The molecule has 0 fully saturated rings. The molecule has 0 amide bonds. The Morgan fingerprint density at radius 1 is 1.08 bits per heavy atom. The first kappa shape index (κ1) is 12.9. The van der Waals surface area contributed by atoms with Gasteiger partial charge in [0, 0.05) is 12.6 Å². The minimum atomic E-state index is 0.602. The van der Waals surface area contributed by atoms with Crippen molar-refractivity contribution in [1.29, 1.82) is 0 Å². The van der Waals surface area contributed by atoms with Gasteiger partial charge in [0.15, 0.2) is 0 Å². The van der Waals surface area contributed by atoms with E-state index in [4.69, 9.17) is 0 Å². The highest BCUT2D eigenvalue weighted by molar-refractivity contribution is 4.64. The van der Waals surface area contributed by atoms with Crippen molar-refractivity contribution in [2.24, 2.45) is 5.92 Å². The van der Waals surface area contributed by atoms with Crippen molar-refractivity contribution in [3.63, 3.8) is 0 Å². The number of unbranched alkanes of at least 4 members (excludes halogenated alkanes) is 1. The van der Waals surface area contributed by atoms with Crippen LogP contribution in [0.4, 0.5) is 0 Å². The van der Waals surface area contributed by atoms with Crippen LogP contribution in [0.3, 0.4) is 0 Å². The van der Waals surface area contributed by atoms with Crippen LogP contribution >= 0.6 is 0 Å². The van der Waals surface area contributed by atoms with Crippen molar-refractivity contribution in [2.45, 2.75) is 46.6 Å². The third-order valence-electron chi connectivity index (χ3n) is 2.03. The van der Waals surface area contributed by atoms with Gasteiger partial charge in [-0.3, -0.25) is 0 Å². The third-order valence-corrected chi connectivity index (χ3v) is 2.03. The number of hydrogen-bond donors (Lipinski definition) is 2. The second kappa shape index (κ2) is 8.52. The summed E-state index contributed by atoms with van der Waals surface area (Å²) in [5.41, 5.74) is 0. The van der Waals surface area contributed by atoms with Gasteiger partial charge in [0.05, 0.1) is 0 Å². The van der Waals surface area contributed by atoms with Gasteiger partial charge in [0.1, 0.15) is 0 Å². The van der Waals surface area contributed by atoms with Crippen LogP contribution in [-0.4, -0.2) is 25.7 Å². The molecule has 0 aliphatic rings. The van der Waals surface area contributed by atoms with E-state index in [9.17, 15) is 0 Å². The first-order valence-corrected chi connectivity index (χ1v) is 5.60. The minimum absolute atomic E-state index is 0.602. The summed E-state index contributed by atoms with van der Waals surface area (Å²) in [7, 11) is 0. The molecular formula is C11H26N2. The largest absolute Gasteiger partial charge is 0.315 e. The first-order valence-electron chi connectivity index (χ1n) is 5.60. The molecule has 0 aliphatic carbocycles. The second-order valence-corrected chi connectivity index (χ2v) is 4.26. The average molecular weight is 186 g/mol. The van der Waals surface area contributed by atoms with Gasteiger partial charge < -0.3 is 10.6 Å². The fourth-order valence-electron chi connectivity index (χ4n) is 1.19. The SMILES string of the molecule is CCCCNC(C)CNCC(C)C. The molecular weight excluding hydrogens is 160 g/mol. The molecule has 2 nitrogen and oxygen atoms in total. The maximum atomic E-state index is 3.49. The highest BCUT2D eigenvalue weighted by Crippen LogP contribution is 1.88. The molecule has 2 N–H and O–H groups in total. The first-order chi connectivity index (χ1) is 6.16. The topological polar surface area (TPSA) is 24.1 Å². The van der Waals surface area contributed by atoms with E-state index in [1.165, 1.54) is 12.8 Å².